The van der Waals surface area contributed by atoms with E-state index in [2.05, 4.69) is 15.9 Å². The molecule has 0 radical (unpaired) electrons. The fraction of sp³-hybridized carbons (Fsp3) is 0.200. The highest BCUT2D eigenvalue weighted by Gasteiger charge is 2.03. The van der Waals surface area contributed by atoms with Gasteiger partial charge in [0.2, 0.25) is 0 Å². The third kappa shape index (κ3) is 4.42. The molecule has 5 heteroatoms. The molecule has 0 spiro atoms. The van der Waals surface area contributed by atoms with Gasteiger partial charge in [0.05, 0.1) is 13.2 Å². The second-order valence-corrected chi connectivity index (χ2v) is 5.11. The second-order valence-electron chi connectivity index (χ2n) is 4.19. The Morgan fingerprint density at radius 3 is 2.45 bits per heavy atom. The molecule has 0 saturated heterocycles. The highest BCUT2D eigenvalue weighted by atomic mass is 79.9. The molecule has 0 heterocycles. The van der Waals surface area contributed by atoms with Gasteiger partial charge in [-0.15, -0.1) is 0 Å². The molecular formula is C15H15BrFNO2. The van der Waals surface area contributed by atoms with E-state index in [-0.39, 0.29) is 11.6 Å². The zero-order valence-corrected chi connectivity index (χ0v) is 12.4. The number of hydrogen-bond acceptors (Lipinski definition) is 3. The third-order valence-corrected chi connectivity index (χ3v) is 3.08. The normalized spacial score (nSPS) is 10.3. The van der Waals surface area contributed by atoms with Gasteiger partial charge in [0, 0.05) is 16.6 Å². The number of rotatable bonds is 6. The number of ether oxygens (including phenoxy) is 2. The highest BCUT2D eigenvalue weighted by Crippen LogP contribution is 2.22. The van der Waals surface area contributed by atoms with Crippen LogP contribution in [0.1, 0.15) is 6.42 Å². The summed E-state index contributed by atoms with van der Waals surface area (Å²) in [6.45, 7) is 0.891. The number of nitrogens with two attached hydrogens (primary N) is 1. The van der Waals surface area contributed by atoms with Crippen molar-refractivity contribution in [1.82, 2.24) is 0 Å². The predicted octanol–water partition coefficient (Wildman–Crippen LogP) is 4.02. The van der Waals surface area contributed by atoms with E-state index in [0.717, 1.165) is 10.2 Å². The first kappa shape index (κ1) is 14.7. The first-order chi connectivity index (χ1) is 9.65. The molecule has 2 rings (SSSR count). The molecule has 0 amide bonds. The van der Waals surface area contributed by atoms with Gasteiger partial charge in [0.1, 0.15) is 5.75 Å². The zero-order chi connectivity index (χ0) is 14.4. The van der Waals surface area contributed by atoms with Crippen molar-refractivity contribution in [2.45, 2.75) is 6.42 Å². The van der Waals surface area contributed by atoms with Gasteiger partial charge in [-0.1, -0.05) is 15.9 Å². The van der Waals surface area contributed by atoms with E-state index in [1.807, 2.05) is 12.1 Å². The first-order valence-electron chi connectivity index (χ1n) is 6.21. The van der Waals surface area contributed by atoms with Gasteiger partial charge in [-0.2, -0.15) is 0 Å². The van der Waals surface area contributed by atoms with E-state index in [1.165, 1.54) is 6.07 Å². The number of halogens is 2. The number of anilines is 1. The lowest BCUT2D eigenvalue weighted by Crippen LogP contribution is -2.05. The summed E-state index contributed by atoms with van der Waals surface area (Å²) in [6.07, 6.45) is 0.663. The minimum absolute atomic E-state index is 0.242. The molecule has 106 valence electrons. The average Bonchev–Trinajstić information content (AvgIpc) is 2.44. The summed E-state index contributed by atoms with van der Waals surface area (Å²) in [5.74, 6) is 0.632. The van der Waals surface area contributed by atoms with E-state index in [4.69, 9.17) is 15.2 Å². The van der Waals surface area contributed by atoms with Crippen molar-refractivity contribution < 1.29 is 13.9 Å². The first-order valence-corrected chi connectivity index (χ1v) is 7.00. The largest absolute Gasteiger partial charge is 0.493 e. The average molecular weight is 340 g/mol. The summed E-state index contributed by atoms with van der Waals surface area (Å²) in [6, 6.07) is 11.8. The Morgan fingerprint density at radius 2 is 1.70 bits per heavy atom. The van der Waals surface area contributed by atoms with Crippen LogP contribution < -0.4 is 15.2 Å². The zero-order valence-electron chi connectivity index (χ0n) is 10.8. The van der Waals surface area contributed by atoms with E-state index in [0.29, 0.717) is 25.3 Å². The van der Waals surface area contributed by atoms with Crippen LogP contribution in [0.25, 0.3) is 0 Å². The second kappa shape index (κ2) is 7.14. The lowest BCUT2D eigenvalue weighted by Gasteiger charge is -2.09. The van der Waals surface area contributed by atoms with E-state index in [9.17, 15) is 4.39 Å². The summed E-state index contributed by atoms with van der Waals surface area (Å²) in [5.41, 5.74) is 6.28. The summed E-state index contributed by atoms with van der Waals surface area (Å²) < 4.78 is 25.1. The minimum Gasteiger partial charge on any atom is -0.493 e. The van der Waals surface area contributed by atoms with Crippen LogP contribution in [0.3, 0.4) is 0 Å². The molecule has 0 aliphatic rings. The van der Waals surface area contributed by atoms with Crippen LogP contribution in [-0.2, 0) is 0 Å². The van der Waals surface area contributed by atoms with Gasteiger partial charge in [0.15, 0.2) is 11.6 Å². The Labute approximate surface area is 125 Å². The van der Waals surface area contributed by atoms with Crippen molar-refractivity contribution in [3.63, 3.8) is 0 Å². The molecule has 3 nitrogen and oxygen atoms in total. The molecule has 0 aliphatic carbocycles. The standard InChI is InChI=1S/C15H15BrFNO2/c16-11-2-7-14(17)15(10-11)20-9-1-8-19-13-5-3-12(18)4-6-13/h2-7,10H,1,8-9,18H2. The molecule has 0 bridgehead atoms. The molecule has 2 aromatic rings. The Balaban J connectivity index is 1.71. The van der Waals surface area contributed by atoms with Crippen molar-refractivity contribution in [3.8, 4) is 11.5 Å². The van der Waals surface area contributed by atoms with E-state index < -0.39 is 0 Å². The third-order valence-electron chi connectivity index (χ3n) is 2.59. The van der Waals surface area contributed by atoms with Crippen LogP contribution in [0.5, 0.6) is 11.5 Å². The molecule has 2 N–H and O–H groups in total. The fourth-order valence-corrected chi connectivity index (χ4v) is 1.92. The van der Waals surface area contributed by atoms with Crippen LogP contribution in [0.15, 0.2) is 46.9 Å². The monoisotopic (exact) mass is 339 g/mol. The molecule has 0 unspecified atom stereocenters. The Bertz CT molecular complexity index is 560. The lowest BCUT2D eigenvalue weighted by atomic mass is 10.3. The smallest absolute Gasteiger partial charge is 0.165 e. The molecule has 2 aromatic carbocycles. The van der Waals surface area contributed by atoms with E-state index >= 15 is 0 Å². The summed E-state index contributed by atoms with van der Waals surface area (Å²) >= 11 is 3.27. The summed E-state index contributed by atoms with van der Waals surface area (Å²) in [7, 11) is 0. The van der Waals surface area contributed by atoms with Gasteiger partial charge < -0.3 is 15.2 Å². The van der Waals surface area contributed by atoms with Gasteiger partial charge in [0.25, 0.3) is 0 Å². The summed E-state index contributed by atoms with van der Waals surface area (Å²) in [5, 5.41) is 0. The Hall–Kier alpha value is -1.75. The van der Waals surface area contributed by atoms with Gasteiger partial charge >= 0.3 is 0 Å². The van der Waals surface area contributed by atoms with Gasteiger partial charge in [-0.25, -0.2) is 4.39 Å². The molecule has 20 heavy (non-hydrogen) atoms. The molecule has 0 saturated carbocycles. The van der Waals surface area contributed by atoms with Gasteiger partial charge in [-0.05, 0) is 42.5 Å². The van der Waals surface area contributed by atoms with E-state index in [1.54, 1.807) is 24.3 Å². The summed E-state index contributed by atoms with van der Waals surface area (Å²) in [4.78, 5) is 0. The molecule has 0 fully saturated rings. The lowest BCUT2D eigenvalue weighted by molar-refractivity contribution is 0.241. The molecule has 0 atom stereocenters. The quantitative estimate of drug-likeness (QED) is 0.638. The highest BCUT2D eigenvalue weighted by molar-refractivity contribution is 9.10. The van der Waals surface area contributed by atoms with Crippen LogP contribution in [0.2, 0.25) is 0 Å². The maximum atomic E-state index is 13.4. The number of hydrogen-bond donors (Lipinski definition) is 1. The van der Waals surface area contributed by atoms with Crippen molar-refractivity contribution in [2.75, 3.05) is 18.9 Å². The Morgan fingerprint density at radius 1 is 1.00 bits per heavy atom. The van der Waals surface area contributed by atoms with Crippen LogP contribution in [0.4, 0.5) is 10.1 Å². The number of nitrogen functional groups attached to an aromatic ring is 1. The minimum atomic E-state index is -0.368. The fourth-order valence-electron chi connectivity index (χ4n) is 1.58. The molecule has 0 aliphatic heterocycles. The maximum Gasteiger partial charge on any atom is 0.165 e. The van der Waals surface area contributed by atoms with Crippen molar-refractivity contribution in [2.24, 2.45) is 0 Å². The molecule has 0 aromatic heterocycles. The Kier molecular flexibility index (Phi) is 5.24. The van der Waals surface area contributed by atoms with Gasteiger partial charge in [-0.3, -0.25) is 0 Å². The van der Waals surface area contributed by atoms with Crippen LogP contribution in [0, 0.1) is 5.82 Å². The maximum absolute atomic E-state index is 13.4. The number of benzene rings is 2. The molecular weight excluding hydrogens is 325 g/mol. The van der Waals surface area contributed by atoms with Crippen molar-refractivity contribution >= 4 is 21.6 Å². The SMILES string of the molecule is Nc1ccc(OCCCOc2cc(Br)ccc2F)cc1. The van der Waals surface area contributed by atoms with Crippen LogP contribution in [-0.4, -0.2) is 13.2 Å². The topological polar surface area (TPSA) is 44.5 Å². The predicted molar refractivity (Wildman–Crippen MR) is 80.6 cm³/mol. The van der Waals surface area contributed by atoms with Crippen LogP contribution >= 0.6 is 15.9 Å². The van der Waals surface area contributed by atoms with Crippen molar-refractivity contribution in [1.29, 1.82) is 0 Å². The van der Waals surface area contributed by atoms with Crippen molar-refractivity contribution in [3.05, 3.63) is 52.8 Å².